The van der Waals surface area contributed by atoms with Gasteiger partial charge in [0, 0.05) is 13.3 Å². The SMILES string of the molecule is CC.CNC.CO.O=Cc1c(O)c2ncc(Cc3ccc(F)cc3)cc2n(CC(O)C=O)c1=O. The largest absolute Gasteiger partial charge is 0.505 e. The zero-order valence-corrected chi connectivity index (χ0v) is 19.9. The molecular formula is C24H32FN3O6. The van der Waals surface area contributed by atoms with Crippen LogP contribution >= 0.6 is 0 Å². The van der Waals surface area contributed by atoms with Crippen molar-refractivity contribution in [3.05, 3.63) is 69.4 Å². The van der Waals surface area contributed by atoms with Gasteiger partial charge in [-0.1, -0.05) is 26.0 Å². The van der Waals surface area contributed by atoms with Crippen LogP contribution in [-0.2, 0) is 17.8 Å². The number of pyridine rings is 2. The van der Waals surface area contributed by atoms with Crippen LogP contribution in [0.2, 0.25) is 0 Å². The molecule has 0 bridgehead atoms. The Labute approximate surface area is 197 Å². The molecule has 0 aliphatic heterocycles. The number of hydrogen-bond acceptors (Lipinski definition) is 8. The summed E-state index contributed by atoms with van der Waals surface area (Å²) in [5.41, 5.74) is 0.284. The third kappa shape index (κ3) is 8.14. The first-order valence-electron chi connectivity index (χ1n) is 10.5. The van der Waals surface area contributed by atoms with Crippen LogP contribution in [0.1, 0.15) is 35.3 Å². The Hall–Kier alpha value is -3.47. The molecule has 1 atom stereocenters. The van der Waals surface area contributed by atoms with Crippen LogP contribution in [0.25, 0.3) is 11.0 Å². The van der Waals surface area contributed by atoms with Crippen molar-refractivity contribution in [1.29, 1.82) is 0 Å². The molecule has 0 amide bonds. The lowest BCUT2D eigenvalue weighted by molar-refractivity contribution is -0.115. The number of aromatic nitrogens is 2. The Balaban J connectivity index is 0.00000141. The fourth-order valence-corrected chi connectivity index (χ4v) is 2.82. The highest BCUT2D eigenvalue weighted by molar-refractivity contribution is 5.91. The van der Waals surface area contributed by atoms with Gasteiger partial charge in [0.1, 0.15) is 29.3 Å². The number of carbonyl (C=O) groups excluding carboxylic acids is 2. The van der Waals surface area contributed by atoms with Crippen LogP contribution in [0.5, 0.6) is 5.75 Å². The number of fused-ring (bicyclic) bond motifs is 1. The number of benzene rings is 1. The Morgan fingerprint density at radius 3 is 2.18 bits per heavy atom. The number of aldehydes is 2. The number of halogens is 1. The van der Waals surface area contributed by atoms with Crippen LogP contribution < -0.4 is 10.9 Å². The van der Waals surface area contributed by atoms with Crippen molar-refractivity contribution in [1.82, 2.24) is 14.9 Å². The first-order valence-corrected chi connectivity index (χ1v) is 10.5. The summed E-state index contributed by atoms with van der Waals surface area (Å²) in [5, 5.41) is 29.6. The summed E-state index contributed by atoms with van der Waals surface area (Å²) in [6.07, 6.45) is 0.849. The zero-order chi connectivity index (χ0) is 26.3. The van der Waals surface area contributed by atoms with E-state index < -0.39 is 23.0 Å². The van der Waals surface area contributed by atoms with Gasteiger partial charge in [-0.3, -0.25) is 14.6 Å². The van der Waals surface area contributed by atoms with E-state index in [-0.39, 0.29) is 36.0 Å². The average molecular weight is 478 g/mol. The standard InChI is InChI=1S/C19H15FN2O5.C2H7N.C2H6.CH4O/c20-13-3-1-11(2-4-13)5-12-6-16-17(21-7-12)18(26)15(10-24)19(27)22(16)8-14(25)9-23;1-3-2;2*1-2/h1-4,6-7,9-10,14,25-26H,5,8H2;3H,1-2H3;1-2H3;2H,1H3. The highest BCUT2D eigenvalue weighted by atomic mass is 19.1. The fraction of sp³-hybridized carbons (Fsp3) is 0.333. The number of aliphatic hydroxyl groups excluding tert-OH is 2. The monoisotopic (exact) mass is 477 g/mol. The molecule has 186 valence electrons. The van der Waals surface area contributed by atoms with Crippen LogP contribution in [0.3, 0.4) is 0 Å². The summed E-state index contributed by atoms with van der Waals surface area (Å²) in [7, 11) is 4.75. The molecule has 0 spiro atoms. The molecule has 2 aromatic heterocycles. The first-order chi connectivity index (χ1) is 16.4. The van der Waals surface area contributed by atoms with E-state index in [1.807, 2.05) is 27.9 Å². The normalized spacial score (nSPS) is 10.5. The third-order valence-electron chi connectivity index (χ3n) is 4.14. The summed E-state index contributed by atoms with van der Waals surface area (Å²) in [4.78, 5) is 38.5. The van der Waals surface area contributed by atoms with Gasteiger partial charge in [-0.15, -0.1) is 0 Å². The zero-order valence-electron chi connectivity index (χ0n) is 19.9. The molecule has 2 heterocycles. The van der Waals surface area contributed by atoms with Crippen LogP contribution in [-0.4, -0.2) is 64.8 Å². The van der Waals surface area contributed by atoms with Crippen molar-refractivity contribution in [2.24, 2.45) is 0 Å². The maximum Gasteiger partial charge on any atom is 0.265 e. The topological polar surface area (TPSA) is 142 Å². The molecule has 3 aromatic rings. The Morgan fingerprint density at radius 1 is 1.12 bits per heavy atom. The minimum atomic E-state index is -1.46. The van der Waals surface area contributed by atoms with E-state index in [0.29, 0.717) is 12.0 Å². The summed E-state index contributed by atoms with van der Waals surface area (Å²) >= 11 is 0. The molecule has 9 nitrogen and oxygen atoms in total. The van der Waals surface area contributed by atoms with Crippen molar-refractivity contribution in [3.8, 4) is 5.75 Å². The predicted molar refractivity (Wildman–Crippen MR) is 129 cm³/mol. The van der Waals surface area contributed by atoms with Crippen molar-refractivity contribution in [2.75, 3.05) is 21.2 Å². The molecule has 0 radical (unpaired) electrons. The maximum absolute atomic E-state index is 13.0. The lowest BCUT2D eigenvalue weighted by Gasteiger charge is -2.14. The summed E-state index contributed by atoms with van der Waals surface area (Å²) in [6, 6.07) is 7.43. The van der Waals surface area contributed by atoms with E-state index >= 15 is 0 Å². The van der Waals surface area contributed by atoms with E-state index in [1.165, 1.54) is 18.3 Å². The Bertz CT molecular complexity index is 1100. The van der Waals surface area contributed by atoms with Crippen molar-refractivity contribution in [2.45, 2.75) is 32.9 Å². The van der Waals surface area contributed by atoms with Gasteiger partial charge in [0.05, 0.1) is 12.1 Å². The van der Waals surface area contributed by atoms with Gasteiger partial charge in [-0.05, 0) is 49.8 Å². The second-order valence-corrected chi connectivity index (χ2v) is 6.51. The number of carbonyl (C=O) groups is 2. The van der Waals surface area contributed by atoms with Gasteiger partial charge in [-0.25, -0.2) is 4.39 Å². The molecule has 0 fully saturated rings. The Morgan fingerprint density at radius 2 is 1.68 bits per heavy atom. The highest BCUT2D eigenvalue weighted by Gasteiger charge is 2.19. The van der Waals surface area contributed by atoms with Gasteiger partial charge >= 0.3 is 0 Å². The molecule has 10 heteroatoms. The van der Waals surface area contributed by atoms with E-state index in [0.717, 1.165) is 17.2 Å². The Kier molecular flexibility index (Phi) is 14.5. The predicted octanol–water partition coefficient (Wildman–Crippen LogP) is 1.67. The number of aromatic hydroxyl groups is 1. The number of nitrogens with zero attached hydrogens (tertiary/aromatic N) is 2. The van der Waals surface area contributed by atoms with E-state index in [9.17, 15) is 29.0 Å². The summed E-state index contributed by atoms with van der Waals surface area (Å²) < 4.78 is 14.1. The van der Waals surface area contributed by atoms with Gasteiger partial charge in [0.25, 0.3) is 5.56 Å². The summed E-state index contributed by atoms with van der Waals surface area (Å²) in [5.74, 6) is -0.923. The van der Waals surface area contributed by atoms with Gasteiger partial charge in [0.15, 0.2) is 12.0 Å². The average Bonchev–Trinajstić information content (AvgIpc) is 2.86. The molecule has 0 aliphatic carbocycles. The molecule has 4 N–H and O–H groups in total. The quantitative estimate of drug-likeness (QED) is 0.393. The van der Waals surface area contributed by atoms with E-state index in [1.54, 1.807) is 18.2 Å². The molecule has 1 aromatic carbocycles. The number of hydrogen-bond donors (Lipinski definition) is 4. The van der Waals surface area contributed by atoms with Gasteiger partial charge in [0.2, 0.25) is 0 Å². The molecule has 3 rings (SSSR count). The van der Waals surface area contributed by atoms with E-state index in [2.05, 4.69) is 10.3 Å². The second kappa shape index (κ2) is 16.2. The third-order valence-corrected chi connectivity index (χ3v) is 4.14. The summed E-state index contributed by atoms with van der Waals surface area (Å²) in [6.45, 7) is 3.61. The number of nitrogens with one attached hydrogen (secondary N) is 1. The molecule has 0 saturated heterocycles. The lowest BCUT2D eigenvalue weighted by Crippen LogP contribution is -2.30. The van der Waals surface area contributed by atoms with Crippen molar-refractivity contribution >= 4 is 23.6 Å². The molecule has 0 aliphatic rings. The highest BCUT2D eigenvalue weighted by Crippen LogP contribution is 2.25. The van der Waals surface area contributed by atoms with Gasteiger partial charge < -0.3 is 30.0 Å². The molecular weight excluding hydrogens is 445 g/mol. The maximum atomic E-state index is 13.0. The number of rotatable bonds is 6. The fourth-order valence-electron chi connectivity index (χ4n) is 2.82. The van der Waals surface area contributed by atoms with Crippen LogP contribution in [0, 0.1) is 5.82 Å². The number of aliphatic hydroxyl groups is 2. The van der Waals surface area contributed by atoms with Crippen molar-refractivity contribution in [3.63, 3.8) is 0 Å². The second-order valence-electron chi connectivity index (χ2n) is 6.51. The minimum absolute atomic E-state index is 0.00217. The lowest BCUT2D eigenvalue weighted by atomic mass is 10.1. The smallest absolute Gasteiger partial charge is 0.265 e. The first kappa shape index (κ1) is 30.5. The van der Waals surface area contributed by atoms with Gasteiger partial charge in [-0.2, -0.15) is 0 Å². The minimum Gasteiger partial charge on any atom is -0.505 e. The van der Waals surface area contributed by atoms with E-state index in [4.69, 9.17) is 5.11 Å². The van der Waals surface area contributed by atoms with Crippen molar-refractivity contribution < 1.29 is 29.3 Å². The molecule has 34 heavy (non-hydrogen) atoms. The molecule has 0 saturated carbocycles. The van der Waals surface area contributed by atoms with Crippen LogP contribution in [0.15, 0.2) is 41.3 Å². The molecule has 1 unspecified atom stereocenters. The van der Waals surface area contributed by atoms with Crippen LogP contribution in [0.4, 0.5) is 4.39 Å².